The predicted molar refractivity (Wildman–Crippen MR) is 96.0 cm³/mol. The smallest absolute Gasteiger partial charge is 0.305 e. The number of esters is 1. The monoisotopic (exact) mass is 308 g/mol. The van der Waals surface area contributed by atoms with E-state index in [1.807, 2.05) is 6.92 Å². The van der Waals surface area contributed by atoms with Crippen LogP contribution in [0, 0.1) is 0 Å². The van der Waals surface area contributed by atoms with Gasteiger partial charge in [-0.25, -0.2) is 0 Å². The van der Waals surface area contributed by atoms with Crippen LogP contribution < -0.4 is 0 Å². The average Bonchev–Trinajstić information content (AvgIpc) is 2.51. The highest BCUT2D eigenvalue weighted by Gasteiger charge is 1.98. The van der Waals surface area contributed by atoms with E-state index in [1.165, 1.54) is 51.4 Å². The second-order valence-corrected chi connectivity index (χ2v) is 5.79. The number of ether oxygens (including phenoxy) is 1. The Morgan fingerprint density at radius 3 is 2.00 bits per heavy atom. The van der Waals surface area contributed by atoms with Gasteiger partial charge in [0, 0.05) is 6.42 Å². The first kappa shape index (κ1) is 20.9. The molecule has 0 saturated heterocycles. The zero-order valence-electron chi connectivity index (χ0n) is 14.8. The molecule has 0 aromatic heterocycles. The Balaban J connectivity index is 3.25. The maximum atomic E-state index is 11.1. The second-order valence-electron chi connectivity index (χ2n) is 5.79. The molecule has 2 nitrogen and oxygen atoms in total. The van der Waals surface area contributed by atoms with Crippen molar-refractivity contribution in [1.29, 1.82) is 0 Å². The SMILES string of the molecule is CCCCCCCCCC=CCC=CCCCC(=O)OCC. The summed E-state index contributed by atoms with van der Waals surface area (Å²) in [6.07, 6.45) is 23.1. The minimum atomic E-state index is -0.0783. The van der Waals surface area contributed by atoms with Gasteiger partial charge in [-0.05, 0) is 39.0 Å². The average molecular weight is 309 g/mol. The molecule has 0 unspecified atom stereocenters. The van der Waals surface area contributed by atoms with Crippen molar-refractivity contribution in [3.05, 3.63) is 24.3 Å². The zero-order chi connectivity index (χ0) is 16.3. The fourth-order valence-corrected chi connectivity index (χ4v) is 2.32. The highest BCUT2D eigenvalue weighted by molar-refractivity contribution is 5.69. The van der Waals surface area contributed by atoms with Gasteiger partial charge in [0.2, 0.25) is 0 Å². The predicted octanol–water partition coefficient (Wildman–Crippen LogP) is 6.36. The van der Waals surface area contributed by atoms with E-state index in [0.717, 1.165) is 19.3 Å². The summed E-state index contributed by atoms with van der Waals surface area (Å²) in [5.74, 6) is -0.0783. The van der Waals surface area contributed by atoms with Gasteiger partial charge in [0.05, 0.1) is 6.61 Å². The van der Waals surface area contributed by atoms with Crippen molar-refractivity contribution in [3.8, 4) is 0 Å². The number of hydrogen-bond acceptors (Lipinski definition) is 2. The van der Waals surface area contributed by atoms with Crippen molar-refractivity contribution < 1.29 is 9.53 Å². The molecule has 0 N–H and O–H groups in total. The van der Waals surface area contributed by atoms with E-state index < -0.39 is 0 Å². The van der Waals surface area contributed by atoms with Crippen LogP contribution in [0.2, 0.25) is 0 Å². The minimum Gasteiger partial charge on any atom is -0.466 e. The molecule has 0 atom stereocenters. The third kappa shape index (κ3) is 17.0. The van der Waals surface area contributed by atoms with Crippen LogP contribution in [-0.4, -0.2) is 12.6 Å². The van der Waals surface area contributed by atoms with Gasteiger partial charge in [-0.2, -0.15) is 0 Å². The molecule has 0 heterocycles. The number of carbonyl (C=O) groups excluding carboxylic acids is 1. The molecule has 0 aliphatic rings. The normalized spacial score (nSPS) is 11.5. The van der Waals surface area contributed by atoms with E-state index in [9.17, 15) is 4.79 Å². The van der Waals surface area contributed by atoms with Crippen molar-refractivity contribution in [3.63, 3.8) is 0 Å². The molecule has 2 heteroatoms. The Morgan fingerprint density at radius 2 is 1.36 bits per heavy atom. The molecule has 0 bridgehead atoms. The van der Waals surface area contributed by atoms with Gasteiger partial charge >= 0.3 is 5.97 Å². The fraction of sp³-hybridized carbons (Fsp3) is 0.750. The lowest BCUT2D eigenvalue weighted by molar-refractivity contribution is -0.143. The molecule has 0 fully saturated rings. The van der Waals surface area contributed by atoms with Crippen LogP contribution >= 0.6 is 0 Å². The van der Waals surface area contributed by atoms with Crippen molar-refractivity contribution in [2.24, 2.45) is 0 Å². The first-order chi connectivity index (χ1) is 10.8. The Hall–Kier alpha value is -1.05. The molecule has 0 saturated carbocycles. The molecule has 0 rings (SSSR count). The minimum absolute atomic E-state index is 0.0783. The van der Waals surface area contributed by atoms with Gasteiger partial charge in [-0.1, -0.05) is 69.8 Å². The number of rotatable bonds is 15. The maximum Gasteiger partial charge on any atom is 0.305 e. The van der Waals surface area contributed by atoms with E-state index in [1.54, 1.807) is 0 Å². The van der Waals surface area contributed by atoms with Gasteiger partial charge in [-0.15, -0.1) is 0 Å². The number of allylic oxidation sites excluding steroid dienone is 4. The lowest BCUT2D eigenvalue weighted by Gasteiger charge is -1.99. The Kier molecular flexibility index (Phi) is 17.1. The molecule has 0 amide bonds. The maximum absolute atomic E-state index is 11.1. The van der Waals surface area contributed by atoms with Gasteiger partial charge in [0.25, 0.3) is 0 Å². The summed E-state index contributed by atoms with van der Waals surface area (Å²) < 4.78 is 4.89. The van der Waals surface area contributed by atoms with Crippen LogP contribution in [0.15, 0.2) is 24.3 Å². The summed E-state index contributed by atoms with van der Waals surface area (Å²) in [5.41, 5.74) is 0. The third-order valence-corrected chi connectivity index (χ3v) is 3.64. The van der Waals surface area contributed by atoms with E-state index in [4.69, 9.17) is 4.74 Å². The number of carbonyl (C=O) groups is 1. The Labute approximate surface area is 138 Å². The first-order valence-corrected chi connectivity index (χ1v) is 9.26. The summed E-state index contributed by atoms with van der Waals surface area (Å²) in [4.78, 5) is 11.1. The van der Waals surface area contributed by atoms with Crippen LogP contribution in [0.5, 0.6) is 0 Å². The Bertz CT molecular complexity index is 292. The van der Waals surface area contributed by atoms with Crippen LogP contribution in [0.3, 0.4) is 0 Å². The van der Waals surface area contributed by atoms with Gasteiger partial charge in [-0.3, -0.25) is 4.79 Å². The summed E-state index contributed by atoms with van der Waals surface area (Å²) in [6.45, 7) is 4.59. The molecule has 0 spiro atoms. The highest BCUT2D eigenvalue weighted by Crippen LogP contribution is 2.08. The molecular weight excluding hydrogens is 272 g/mol. The van der Waals surface area contributed by atoms with Crippen molar-refractivity contribution in [1.82, 2.24) is 0 Å². The standard InChI is InChI=1S/C20H36O2/c1-3-5-6-7-8-9-10-11-12-13-14-15-16-17-18-19-20(21)22-4-2/h12-13,15-16H,3-11,14,17-19H2,1-2H3. The topological polar surface area (TPSA) is 26.3 Å². The third-order valence-electron chi connectivity index (χ3n) is 3.64. The van der Waals surface area contributed by atoms with Crippen molar-refractivity contribution in [2.75, 3.05) is 6.61 Å². The highest BCUT2D eigenvalue weighted by atomic mass is 16.5. The molecule has 0 radical (unpaired) electrons. The van der Waals surface area contributed by atoms with E-state index in [2.05, 4.69) is 31.2 Å². The lowest BCUT2D eigenvalue weighted by atomic mass is 10.1. The van der Waals surface area contributed by atoms with Crippen molar-refractivity contribution >= 4 is 5.97 Å². The molecular formula is C20H36O2. The van der Waals surface area contributed by atoms with E-state index >= 15 is 0 Å². The largest absolute Gasteiger partial charge is 0.466 e. The van der Waals surface area contributed by atoms with Crippen molar-refractivity contribution in [2.45, 2.75) is 90.9 Å². The molecule has 0 aliphatic heterocycles. The van der Waals surface area contributed by atoms with Gasteiger partial charge in [0.15, 0.2) is 0 Å². The van der Waals surface area contributed by atoms with Crippen LogP contribution in [0.1, 0.15) is 90.9 Å². The quantitative estimate of drug-likeness (QED) is 0.200. The Morgan fingerprint density at radius 1 is 0.773 bits per heavy atom. The first-order valence-electron chi connectivity index (χ1n) is 9.26. The zero-order valence-corrected chi connectivity index (χ0v) is 14.8. The molecule has 128 valence electrons. The van der Waals surface area contributed by atoms with Crippen LogP contribution in [0.25, 0.3) is 0 Å². The summed E-state index contributed by atoms with van der Waals surface area (Å²) in [6, 6.07) is 0. The molecule has 22 heavy (non-hydrogen) atoms. The fourth-order valence-electron chi connectivity index (χ4n) is 2.32. The van der Waals surface area contributed by atoms with E-state index in [-0.39, 0.29) is 5.97 Å². The van der Waals surface area contributed by atoms with E-state index in [0.29, 0.717) is 13.0 Å². The van der Waals surface area contributed by atoms with Crippen LogP contribution in [0.4, 0.5) is 0 Å². The van der Waals surface area contributed by atoms with Gasteiger partial charge < -0.3 is 4.74 Å². The molecule has 0 aromatic rings. The number of unbranched alkanes of at least 4 members (excludes halogenated alkanes) is 8. The van der Waals surface area contributed by atoms with Crippen LogP contribution in [-0.2, 0) is 9.53 Å². The summed E-state index contributed by atoms with van der Waals surface area (Å²) >= 11 is 0. The molecule has 0 aromatic carbocycles. The molecule has 0 aliphatic carbocycles. The van der Waals surface area contributed by atoms with Gasteiger partial charge in [0.1, 0.15) is 0 Å². The summed E-state index contributed by atoms with van der Waals surface area (Å²) in [7, 11) is 0. The second kappa shape index (κ2) is 18.0. The number of hydrogen-bond donors (Lipinski definition) is 0. The summed E-state index contributed by atoms with van der Waals surface area (Å²) in [5, 5.41) is 0. The lowest BCUT2D eigenvalue weighted by Crippen LogP contribution is -2.02.